The van der Waals surface area contributed by atoms with E-state index in [9.17, 15) is 0 Å². The first-order valence-corrected chi connectivity index (χ1v) is 8.44. The number of rotatable bonds is 5. The SMILES string of the molecule is CC1CCCN(c2ccc(NCCc3ccccc3)cc2)C1. The molecule has 1 N–H and O–H groups in total. The first-order chi connectivity index (χ1) is 10.8. The summed E-state index contributed by atoms with van der Waals surface area (Å²) in [5.74, 6) is 0.817. The zero-order valence-electron chi connectivity index (χ0n) is 13.5. The molecule has 3 rings (SSSR count). The van der Waals surface area contributed by atoms with Crippen LogP contribution >= 0.6 is 0 Å². The third kappa shape index (κ3) is 4.03. The van der Waals surface area contributed by atoms with Crippen molar-refractivity contribution in [1.82, 2.24) is 0 Å². The van der Waals surface area contributed by atoms with Crippen LogP contribution in [0.25, 0.3) is 0 Å². The van der Waals surface area contributed by atoms with Crippen molar-refractivity contribution >= 4 is 11.4 Å². The maximum absolute atomic E-state index is 3.51. The van der Waals surface area contributed by atoms with Gasteiger partial charge < -0.3 is 10.2 Å². The van der Waals surface area contributed by atoms with Crippen molar-refractivity contribution in [2.45, 2.75) is 26.2 Å². The van der Waals surface area contributed by atoms with Gasteiger partial charge in [0.15, 0.2) is 0 Å². The van der Waals surface area contributed by atoms with E-state index in [-0.39, 0.29) is 0 Å². The number of hydrogen-bond acceptors (Lipinski definition) is 2. The largest absolute Gasteiger partial charge is 0.385 e. The van der Waals surface area contributed by atoms with E-state index in [0.29, 0.717) is 0 Å². The van der Waals surface area contributed by atoms with Gasteiger partial charge in [-0.1, -0.05) is 37.3 Å². The lowest BCUT2D eigenvalue weighted by molar-refractivity contribution is 0.447. The quantitative estimate of drug-likeness (QED) is 0.868. The summed E-state index contributed by atoms with van der Waals surface area (Å²) in [6.45, 7) is 5.72. The van der Waals surface area contributed by atoms with Gasteiger partial charge in [0.1, 0.15) is 0 Å². The molecule has 0 amide bonds. The van der Waals surface area contributed by atoms with Gasteiger partial charge in [-0.3, -0.25) is 0 Å². The van der Waals surface area contributed by atoms with Gasteiger partial charge in [0.05, 0.1) is 0 Å². The number of nitrogens with zero attached hydrogens (tertiary/aromatic N) is 1. The molecule has 1 heterocycles. The van der Waals surface area contributed by atoms with Gasteiger partial charge in [-0.2, -0.15) is 0 Å². The Morgan fingerprint density at radius 3 is 2.55 bits per heavy atom. The van der Waals surface area contributed by atoms with Crippen LogP contribution in [0.3, 0.4) is 0 Å². The molecular formula is C20H26N2. The van der Waals surface area contributed by atoms with Crippen LogP contribution in [0.15, 0.2) is 54.6 Å². The maximum Gasteiger partial charge on any atom is 0.0367 e. The van der Waals surface area contributed by atoms with Gasteiger partial charge in [0, 0.05) is 31.0 Å². The van der Waals surface area contributed by atoms with Gasteiger partial charge in [-0.25, -0.2) is 0 Å². The standard InChI is InChI=1S/C20H26N2/c1-17-6-5-15-22(16-17)20-11-9-19(10-12-20)21-14-13-18-7-3-2-4-8-18/h2-4,7-12,17,21H,5-6,13-16H2,1H3. The lowest BCUT2D eigenvalue weighted by atomic mass is 10.00. The molecule has 2 heteroatoms. The minimum absolute atomic E-state index is 0.817. The Balaban J connectivity index is 1.51. The van der Waals surface area contributed by atoms with Gasteiger partial charge >= 0.3 is 0 Å². The predicted molar refractivity (Wildman–Crippen MR) is 95.7 cm³/mol. The summed E-state index contributed by atoms with van der Waals surface area (Å²) in [4.78, 5) is 2.52. The van der Waals surface area contributed by atoms with Gasteiger partial charge in [0.2, 0.25) is 0 Å². The smallest absolute Gasteiger partial charge is 0.0367 e. The predicted octanol–water partition coefficient (Wildman–Crippen LogP) is 4.58. The summed E-state index contributed by atoms with van der Waals surface area (Å²) in [6.07, 6.45) is 3.75. The Hall–Kier alpha value is -1.96. The van der Waals surface area contributed by atoms with E-state index in [1.165, 1.54) is 42.9 Å². The van der Waals surface area contributed by atoms with E-state index in [1.807, 2.05) is 0 Å². The summed E-state index contributed by atoms with van der Waals surface area (Å²) in [7, 11) is 0. The Bertz CT molecular complexity index is 562. The molecule has 0 aliphatic carbocycles. The van der Waals surface area contributed by atoms with E-state index in [0.717, 1.165) is 18.9 Å². The van der Waals surface area contributed by atoms with Crippen LogP contribution in [0, 0.1) is 5.92 Å². The lowest BCUT2D eigenvalue weighted by Crippen LogP contribution is -2.34. The molecular weight excluding hydrogens is 268 g/mol. The fourth-order valence-electron chi connectivity index (χ4n) is 3.21. The molecule has 2 aromatic rings. The Morgan fingerprint density at radius 1 is 1.05 bits per heavy atom. The van der Waals surface area contributed by atoms with Gasteiger partial charge in [0.25, 0.3) is 0 Å². The second kappa shape index (κ2) is 7.35. The molecule has 2 aromatic carbocycles. The number of piperidine rings is 1. The zero-order valence-corrected chi connectivity index (χ0v) is 13.5. The van der Waals surface area contributed by atoms with Gasteiger partial charge in [-0.15, -0.1) is 0 Å². The number of benzene rings is 2. The van der Waals surface area contributed by atoms with Crippen molar-refractivity contribution in [2.75, 3.05) is 29.9 Å². The third-order valence-electron chi connectivity index (χ3n) is 4.48. The van der Waals surface area contributed by atoms with E-state index >= 15 is 0 Å². The summed E-state index contributed by atoms with van der Waals surface area (Å²) >= 11 is 0. The number of nitrogens with one attached hydrogen (secondary N) is 1. The van der Waals surface area contributed by atoms with Crippen LogP contribution in [-0.4, -0.2) is 19.6 Å². The molecule has 1 unspecified atom stereocenters. The van der Waals surface area contributed by atoms with E-state index in [1.54, 1.807) is 0 Å². The van der Waals surface area contributed by atoms with Crippen LogP contribution in [0.2, 0.25) is 0 Å². The second-order valence-electron chi connectivity index (χ2n) is 6.40. The first-order valence-electron chi connectivity index (χ1n) is 8.44. The molecule has 2 nitrogen and oxygen atoms in total. The molecule has 0 aromatic heterocycles. The highest BCUT2D eigenvalue weighted by atomic mass is 15.1. The molecule has 1 aliphatic heterocycles. The van der Waals surface area contributed by atoms with Crippen molar-refractivity contribution in [3.63, 3.8) is 0 Å². The van der Waals surface area contributed by atoms with Gasteiger partial charge in [-0.05, 0) is 55.0 Å². The van der Waals surface area contributed by atoms with Crippen LogP contribution in [-0.2, 0) is 6.42 Å². The highest BCUT2D eigenvalue weighted by molar-refractivity contribution is 5.55. The van der Waals surface area contributed by atoms with Crippen LogP contribution in [0.4, 0.5) is 11.4 Å². The Labute approximate surface area is 134 Å². The van der Waals surface area contributed by atoms with Crippen molar-refractivity contribution in [3.8, 4) is 0 Å². The molecule has 0 spiro atoms. The molecule has 0 saturated carbocycles. The molecule has 1 aliphatic rings. The minimum Gasteiger partial charge on any atom is -0.385 e. The molecule has 1 atom stereocenters. The van der Waals surface area contributed by atoms with Crippen LogP contribution < -0.4 is 10.2 Å². The third-order valence-corrected chi connectivity index (χ3v) is 4.48. The number of hydrogen-bond donors (Lipinski definition) is 1. The average molecular weight is 294 g/mol. The molecule has 1 saturated heterocycles. The minimum atomic E-state index is 0.817. The average Bonchev–Trinajstić information content (AvgIpc) is 2.56. The monoisotopic (exact) mass is 294 g/mol. The van der Waals surface area contributed by atoms with E-state index in [2.05, 4.69) is 71.7 Å². The number of anilines is 2. The summed E-state index contributed by atoms with van der Waals surface area (Å²) in [5, 5.41) is 3.51. The van der Waals surface area contributed by atoms with E-state index in [4.69, 9.17) is 0 Å². The normalized spacial score (nSPS) is 18.2. The molecule has 22 heavy (non-hydrogen) atoms. The van der Waals surface area contributed by atoms with Crippen molar-refractivity contribution in [3.05, 3.63) is 60.2 Å². The summed E-state index contributed by atoms with van der Waals surface area (Å²) in [6, 6.07) is 19.6. The highest BCUT2D eigenvalue weighted by Crippen LogP contribution is 2.24. The van der Waals surface area contributed by atoms with Crippen molar-refractivity contribution < 1.29 is 0 Å². The van der Waals surface area contributed by atoms with Crippen LogP contribution in [0.5, 0.6) is 0 Å². The highest BCUT2D eigenvalue weighted by Gasteiger charge is 2.16. The zero-order chi connectivity index (χ0) is 15.2. The lowest BCUT2D eigenvalue weighted by Gasteiger charge is -2.32. The fourth-order valence-corrected chi connectivity index (χ4v) is 3.21. The topological polar surface area (TPSA) is 15.3 Å². The summed E-state index contributed by atoms with van der Waals surface area (Å²) < 4.78 is 0. The van der Waals surface area contributed by atoms with Crippen molar-refractivity contribution in [1.29, 1.82) is 0 Å². The fraction of sp³-hybridized carbons (Fsp3) is 0.400. The van der Waals surface area contributed by atoms with Crippen LogP contribution in [0.1, 0.15) is 25.3 Å². The first kappa shape index (κ1) is 15.0. The molecule has 0 radical (unpaired) electrons. The molecule has 0 bridgehead atoms. The Morgan fingerprint density at radius 2 is 1.82 bits per heavy atom. The summed E-state index contributed by atoms with van der Waals surface area (Å²) in [5.41, 5.74) is 3.96. The maximum atomic E-state index is 3.51. The van der Waals surface area contributed by atoms with E-state index < -0.39 is 0 Å². The Kier molecular flexibility index (Phi) is 4.99. The molecule has 1 fully saturated rings. The second-order valence-corrected chi connectivity index (χ2v) is 6.40. The molecule has 116 valence electrons. The van der Waals surface area contributed by atoms with Crippen molar-refractivity contribution in [2.24, 2.45) is 5.92 Å².